The van der Waals surface area contributed by atoms with Crippen LogP contribution in [0.25, 0.3) is 0 Å². The summed E-state index contributed by atoms with van der Waals surface area (Å²) in [6, 6.07) is 0. The molecular weight excluding hydrogens is 332 g/mol. The Bertz CT molecular complexity index is 830. The van der Waals surface area contributed by atoms with Gasteiger partial charge in [0.15, 0.2) is 0 Å². The second-order valence-electron chi connectivity index (χ2n) is 7.11. The largest absolute Gasteiger partial charge is 0.348 e. The third-order valence-corrected chi connectivity index (χ3v) is 5.69. The van der Waals surface area contributed by atoms with Gasteiger partial charge in [0.1, 0.15) is 0 Å². The summed E-state index contributed by atoms with van der Waals surface area (Å²) in [7, 11) is 1.80. The van der Waals surface area contributed by atoms with Gasteiger partial charge in [0.25, 0.3) is 5.91 Å². The first-order chi connectivity index (χ1) is 12.5. The van der Waals surface area contributed by atoms with Crippen molar-refractivity contribution in [3.05, 3.63) is 35.7 Å². The van der Waals surface area contributed by atoms with E-state index in [1.54, 1.807) is 30.5 Å². The van der Waals surface area contributed by atoms with Gasteiger partial charge in [-0.15, -0.1) is 0 Å². The van der Waals surface area contributed by atoms with Crippen molar-refractivity contribution in [2.45, 2.75) is 38.1 Å². The van der Waals surface area contributed by atoms with Gasteiger partial charge in [-0.1, -0.05) is 6.92 Å². The molecule has 0 unspecified atom stereocenters. The number of carbonyl (C=O) groups is 2. The summed E-state index contributed by atoms with van der Waals surface area (Å²) in [6.07, 6.45) is 7.78. The highest BCUT2D eigenvalue weighted by atomic mass is 16.2. The van der Waals surface area contributed by atoms with Crippen molar-refractivity contribution in [3.8, 4) is 0 Å². The average Bonchev–Trinajstić information content (AvgIpc) is 3.31. The lowest BCUT2D eigenvalue weighted by atomic mass is 9.78. The predicted molar refractivity (Wildman–Crippen MR) is 94.3 cm³/mol. The van der Waals surface area contributed by atoms with E-state index in [4.69, 9.17) is 0 Å². The van der Waals surface area contributed by atoms with E-state index in [0.717, 1.165) is 17.8 Å². The maximum absolute atomic E-state index is 12.7. The lowest BCUT2D eigenvalue weighted by molar-refractivity contribution is -0.141. The summed E-state index contributed by atoms with van der Waals surface area (Å²) in [5.41, 5.74) is 2.32. The van der Waals surface area contributed by atoms with Crippen molar-refractivity contribution in [1.82, 2.24) is 29.5 Å². The van der Waals surface area contributed by atoms with Crippen molar-refractivity contribution in [2.24, 2.45) is 7.05 Å². The molecule has 1 fully saturated rings. The molecular formula is C18H24N6O2. The number of carbonyl (C=O) groups excluding carboxylic acids is 2. The Morgan fingerprint density at radius 1 is 1.27 bits per heavy atom. The SMILES string of the molecule is CCC(=O)N1CCc2[nH]cnc2C12CCN(C(=O)c1cnn(C)c1)CC2. The summed E-state index contributed by atoms with van der Waals surface area (Å²) >= 11 is 0. The number of piperidine rings is 1. The number of aryl methyl sites for hydroxylation is 1. The summed E-state index contributed by atoms with van der Waals surface area (Å²) in [6.45, 7) is 3.82. The quantitative estimate of drug-likeness (QED) is 0.872. The van der Waals surface area contributed by atoms with Crippen LogP contribution in [0.5, 0.6) is 0 Å². The molecule has 1 saturated heterocycles. The summed E-state index contributed by atoms with van der Waals surface area (Å²) < 4.78 is 1.64. The summed E-state index contributed by atoms with van der Waals surface area (Å²) in [5.74, 6) is 0.157. The molecule has 4 heterocycles. The van der Waals surface area contributed by atoms with E-state index in [2.05, 4.69) is 15.1 Å². The van der Waals surface area contributed by atoms with Gasteiger partial charge in [-0.05, 0) is 12.8 Å². The van der Waals surface area contributed by atoms with Gasteiger partial charge in [0.05, 0.1) is 29.3 Å². The van der Waals surface area contributed by atoms with Crippen LogP contribution in [-0.2, 0) is 23.8 Å². The van der Waals surface area contributed by atoms with E-state index >= 15 is 0 Å². The van der Waals surface area contributed by atoms with E-state index in [0.29, 0.717) is 44.5 Å². The molecule has 0 bridgehead atoms. The van der Waals surface area contributed by atoms with Crippen LogP contribution in [0, 0.1) is 0 Å². The Morgan fingerprint density at radius 2 is 2.04 bits per heavy atom. The van der Waals surface area contributed by atoms with Gasteiger partial charge >= 0.3 is 0 Å². The first kappa shape index (κ1) is 16.8. The molecule has 8 heteroatoms. The van der Waals surface area contributed by atoms with Crippen LogP contribution < -0.4 is 0 Å². The molecule has 0 atom stereocenters. The highest BCUT2D eigenvalue weighted by Gasteiger charge is 2.48. The van der Waals surface area contributed by atoms with Gasteiger partial charge in [-0.25, -0.2) is 4.98 Å². The Labute approximate surface area is 152 Å². The number of likely N-dealkylation sites (tertiary alicyclic amines) is 1. The van der Waals surface area contributed by atoms with E-state index in [9.17, 15) is 9.59 Å². The number of hydrogen-bond acceptors (Lipinski definition) is 4. The maximum atomic E-state index is 12.7. The Hall–Kier alpha value is -2.64. The first-order valence-corrected chi connectivity index (χ1v) is 9.16. The summed E-state index contributed by atoms with van der Waals surface area (Å²) in [5, 5.41) is 4.09. The third kappa shape index (κ3) is 2.51. The average molecular weight is 356 g/mol. The van der Waals surface area contributed by atoms with Crippen molar-refractivity contribution < 1.29 is 9.59 Å². The monoisotopic (exact) mass is 356 g/mol. The van der Waals surface area contributed by atoms with Crippen molar-refractivity contribution in [2.75, 3.05) is 19.6 Å². The minimum absolute atomic E-state index is 0.000575. The van der Waals surface area contributed by atoms with Crippen molar-refractivity contribution in [3.63, 3.8) is 0 Å². The van der Waals surface area contributed by atoms with E-state index in [1.807, 2.05) is 16.7 Å². The first-order valence-electron chi connectivity index (χ1n) is 9.16. The minimum Gasteiger partial charge on any atom is -0.348 e. The van der Waals surface area contributed by atoms with E-state index in [1.165, 1.54) is 0 Å². The lowest BCUT2D eigenvalue weighted by Crippen LogP contribution is -2.58. The zero-order valence-electron chi connectivity index (χ0n) is 15.2. The molecule has 4 rings (SSSR count). The number of hydrogen-bond donors (Lipinski definition) is 1. The molecule has 0 saturated carbocycles. The number of amides is 2. The third-order valence-electron chi connectivity index (χ3n) is 5.69. The lowest BCUT2D eigenvalue weighted by Gasteiger charge is -2.50. The number of nitrogens with one attached hydrogen (secondary N) is 1. The Balaban J connectivity index is 1.59. The van der Waals surface area contributed by atoms with Crippen LogP contribution in [-0.4, -0.2) is 61.0 Å². The number of H-pyrrole nitrogens is 1. The molecule has 2 amide bonds. The molecule has 1 spiro atoms. The molecule has 2 aliphatic rings. The van der Waals surface area contributed by atoms with E-state index in [-0.39, 0.29) is 11.8 Å². The molecule has 26 heavy (non-hydrogen) atoms. The van der Waals surface area contributed by atoms with Crippen LogP contribution in [0.4, 0.5) is 0 Å². The maximum Gasteiger partial charge on any atom is 0.257 e. The molecule has 0 aromatic carbocycles. The molecule has 2 aromatic heterocycles. The van der Waals surface area contributed by atoms with Gasteiger partial charge in [-0.2, -0.15) is 5.10 Å². The fraction of sp³-hybridized carbons (Fsp3) is 0.556. The number of imidazole rings is 1. The van der Waals surface area contributed by atoms with Crippen LogP contribution in [0.1, 0.15) is 47.9 Å². The standard InChI is InChI=1S/C18H24N6O2/c1-3-15(25)24-7-4-14-16(20-12-19-14)18(24)5-8-23(9-6-18)17(26)13-10-21-22(2)11-13/h10-12H,3-9H2,1-2H3,(H,19,20). The predicted octanol–water partition coefficient (Wildman–Crippen LogP) is 1.07. The topological polar surface area (TPSA) is 87.1 Å². The van der Waals surface area contributed by atoms with E-state index < -0.39 is 5.54 Å². The van der Waals surface area contributed by atoms with Gasteiger partial charge < -0.3 is 14.8 Å². The molecule has 138 valence electrons. The molecule has 2 aromatic rings. The number of aromatic nitrogens is 4. The molecule has 8 nitrogen and oxygen atoms in total. The van der Waals surface area contributed by atoms with Crippen LogP contribution in [0.2, 0.25) is 0 Å². The summed E-state index contributed by atoms with van der Waals surface area (Å²) in [4.78, 5) is 37.0. The molecule has 1 N–H and O–H groups in total. The van der Waals surface area contributed by atoms with Gasteiger partial charge in [0, 0.05) is 51.4 Å². The highest BCUT2D eigenvalue weighted by Crippen LogP contribution is 2.42. The Morgan fingerprint density at radius 3 is 2.69 bits per heavy atom. The molecule has 0 aliphatic carbocycles. The van der Waals surface area contributed by atoms with Crippen LogP contribution >= 0.6 is 0 Å². The van der Waals surface area contributed by atoms with Crippen molar-refractivity contribution >= 4 is 11.8 Å². The number of nitrogens with zero attached hydrogens (tertiary/aromatic N) is 5. The van der Waals surface area contributed by atoms with Crippen LogP contribution in [0.3, 0.4) is 0 Å². The minimum atomic E-state index is -0.396. The molecule has 0 radical (unpaired) electrons. The fourth-order valence-electron chi connectivity index (χ4n) is 4.33. The normalized spacial score (nSPS) is 18.8. The van der Waals surface area contributed by atoms with Crippen LogP contribution in [0.15, 0.2) is 18.7 Å². The second-order valence-corrected chi connectivity index (χ2v) is 7.11. The zero-order valence-corrected chi connectivity index (χ0v) is 15.2. The molecule has 2 aliphatic heterocycles. The highest BCUT2D eigenvalue weighted by molar-refractivity contribution is 5.93. The second kappa shape index (κ2) is 6.26. The Kier molecular flexibility index (Phi) is 4.05. The fourth-order valence-corrected chi connectivity index (χ4v) is 4.33. The number of aromatic amines is 1. The zero-order chi connectivity index (χ0) is 18.3. The number of fused-ring (bicyclic) bond motifs is 2. The van der Waals surface area contributed by atoms with Gasteiger partial charge in [-0.3, -0.25) is 14.3 Å². The van der Waals surface area contributed by atoms with Crippen molar-refractivity contribution in [1.29, 1.82) is 0 Å². The smallest absolute Gasteiger partial charge is 0.257 e. The number of rotatable bonds is 2. The van der Waals surface area contributed by atoms with Gasteiger partial charge in [0.2, 0.25) is 5.91 Å².